The Morgan fingerprint density at radius 2 is 1.06 bits per heavy atom. The molecule has 4 aromatic carbocycles. The van der Waals surface area contributed by atoms with Crippen molar-refractivity contribution in [1.29, 1.82) is 0 Å². The molecule has 5 heteroatoms. The number of halogens is 1. The second kappa shape index (κ2) is 7.83. The van der Waals surface area contributed by atoms with Gasteiger partial charge in [-0.15, -0.1) is 11.3 Å². The fraction of sp³-hybridized carbons (Fsp3) is 0. The Morgan fingerprint density at radius 3 is 1.75 bits per heavy atom. The van der Waals surface area contributed by atoms with E-state index in [0.29, 0.717) is 11.6 Å². The quantitative estimate of drug-likeness (QED) is 0.275. The minimum atomic E-state index is 0.192. The maximum Gasteiger partial charge on any atom is 0.226 e. The highest BCUT2D eigenvalue weighted by atomic mass is 35.5. The summed E-state index contributed by atoms with van der Waals surface area (Å²) in [6.45, 7) is 0. The van der Waals surface area contributed by atoms with Crippen molar-refractivity contribution in [1.82, 2.24) is 15.0 Å². The first kappa shape index (κ1) is 19.1. The SMILES string of the molecule is Clc1nc(-c2ccccc2)nc(-c2cccc3c2sc2c(-c4ccccc4)cccc23)n1. The highest BCUT2D eigenvalue weighted by molar-refractivity contribution is 7.26. The van der Waals surface area contributed by atoms with Crippen molar-refractivity contribution >= 4 is 43.1 Å². The van der Waals surface area contributed by atoms with E-state index in [-0.39, 0.29) is 5.28 Å². The van der Waals surface area contributed by atoms with Gasteiger partial charge in [0.2, 0.25) is 5.28 Å². The van der Waals surface area contributed by atoms with E-state index in [1.165, 1.54) is 26.6 Å². The molecule has 0 saturated heterocycles. The summed E-state index contributed by atoms with van der Waals surface area (Å²) in [6.07, 6.45) is 0. The molecule has 0 aliphatic heterocycles. The van der Waals surface area contributed by atoms with Gasteiger partial charge in [0.1, 0.15) is 0 Å². The Balaban J connectivity index is 1.60. The van der Waals surface area contributed by atoms with Gasteiger partial charge in [-0.1, -0.05) is 91.0 Å². The zero-order chi connectivity index (χ0) is 21.5. The largest absolute Gasteiger partial charge is 0.226 e. The molecular formula is C27H16ClN3S. The molecule has 6 aromatic rings. The smallest absolute Gasteiger partial charge is 0.208 e. The Hall–Kier alpha value is -3.60. The zero-order valence-electron chi connectivity index (χ0n) is 16.9. The van der Waals surface area contributed by atoms with Gasteiger partial charge in [0.05, 0.1) is 0 Å². The van der Waals surface area contributed by atoms with Crippen LogP contribution in [0.3, 0.4) is 0 Å². The van der Waals surface area contributed by atoms with Gasteiger partial charge in [0, 0.05) is 31.3 Å². The maximum absolute atomic E-state index is 6.33. The lowest BCUT2D eigenvalue weighted by Crippen LogP contribution is -1.97. The number of benzene rings is 4. The number of aromatic nitrogens is 3. The van der Waals surface area contributed by atoms with Crippen molar-refractivity contribution in [2.75, 3.05) is 0 Å². The van der Waals surface area contributed by atoms with Crippen LogP contribution in [0.1, 0.15) is 0 Å². The van der Waals surface area contributed by atoms with Crippen molar-refractivity contribution in [2.24, 2.45) is 0 Å². The molecule has 0 N–H and O–H groups in total. The van der Waals surface area contributed by atoms with E-state index in [4.69, 9.17) is 16.6 Å². The average Bonchev–Trinajstić information content (AvgIpc) is 3.24. The normalized spacial score (nSPS) is 11.3. The molecule has 0 spiro atoms. The van der Waals surface area contributed by atoms with Crippen LogP contribution in [0.25, 0.3) is 54.1 Å². The minimum Gasteiger partial charge on any atom is -0.208 e. The summed E-state index contributed by atoms with van der Waals surface area (Å²) >= 11 is 8.09. The molecule has 0 amide bonds. The van der Waals surface area contributed by atoms with E-state index in [9.17, 15) is 0 Å². The monoisotopic (exact) mass is 449 g/mol. The van der Waals surface area contributed by atoms with Gasteiger partial charge in [-0.25, -0.2) is 4.98 Å². The highest BCUT2D eigenvalue weighted by Crippen LogP contribution is 2.43. The highest BCUT2D eigenvalue weighted by Gasteiger charge is 2.16. The van der Waals surface area contributed by atoms with Gasteiger partial charge < -0.3 is 0 Å². The second-order valence-corrected chi connectivity index (χ2v) is 8.81. The molecule has 0 radical (unpaired) electrons. The molecule has 0 atom stereocenters. The summed E-state index contributed by atoms with van der Waals surface area (Å²) in [5, 5.41) is 2.62. The summed E-state index contributed by atoms with van der Waals surface area (Å²) in [4.78, 5) is 13.6. The first-order valence-corrected chi connectivity index (χ1v) is 11.4. The third-order valence-electron chi connectivity index (χ3n) is 5.49. The van der Waals surface area contributed by atoms with Crippen LogP contribution in [-0.2, 0) is 0 Å². The number of thiophene rings is 1. The van der Waals surface area contributed by atoms with Gasteiger partial charge >= 0.3 is 0 Å². The van der Waals surface area contributed by atoms with Crippen LogP contribution < -0.4 is 0 Å². The third kappa shape index (κ3) is 3.25. The van der Waals surface area contributed by atoms with E-state index >= 15 is 0 Å². The topological polar surface area (TPSA) is 38.7 Å². The van der Waals surface area contributed by atoms with E-state index < -0.39 is 0 Å². The van der Waals surface area contributed by atoms with Crippen LogP contribution >= 0.6 is 22.9 Å². The van der Waals surface area contributed by atoms with Crippen molar-refractivity contribution in [3.63, 3.8) is 0 Å². The van der Waals surface area contributed by atoms with Gasteiger partial charge in [0.15, 0.2) is 11.6 Å². The van der Waals surface area contributed by atoms with E-state index in [0.717, 1.165) is 15.8 Å². The van der Waals surface area contributed by atoms with Crippen molar-refractivity contribution < 1.29 is 0 Å². The lowest BCUT2D eigenvalue weighted by molar-refractivity contribution is 1.07. The molecular weight excluding hydrogens is 434 g/mol. The van der Waals surface area contributed by atoms with Crippen molar-refractivity contribution in [3.05, 3.63) is 102 Å². The molecule has 0 unspecified atom stereocenters. The molecule has 0 fully saturated rings. The first-order chi connectivity index (χ1) is 15.8. The van der Waals surface area contributed by atoms with Crippen LogP contribution in [0.2, 0.25) is 5.28 Å². The molecule has 0 aliphatic carbocycles. The fourth-order valence-corrected chi connectivity index (χ4v) is 5.53. The summed E-state index contributed by atoms with van der Waals surface area (Å²) in [5.74, 6) is 1.16. The molecule has 0 bridgehead atoms. The Kier molecular flexibility index (Phi) is 4.67. The lowest BCUT2D eigenvalue weighted by Gasteiger charge is -2.05. The van der Waals surface area contributed by atoms with Crippen LogP contribution in [0.5, 0.6) is 0 Å². The molecule has 0 saturated carbocycles. The van der Waals surface area contributed by atoms with Gasteiger partial charge in [-0.3, -0.25) is 0 Å². The number of rotatable bonds is 3. The van der Waals surface area contributed by atoms with Gasteiger partial charge in [-0.2, -0.15) is 9.97 Å². The number of hydrogen-bond acceptors (Lipinski definition) is 4. The predicted molar refractivity (Wildman–Crippen MR) is 134 cm³/mol. The predicted octanol–water partition coefficient (Wildman–Crippen LogP) is 7.89. The average molecular weight is 450 g/mol. The molecule has 32 heavy (non-hydrogen) atoms. The van der Waals surface area contributed by atoms with Crippen LogP contribution in [0.4, 0.5) is 0 Å². The zero-order valence-corrected chi connectivity index (χ0v) is 18.4. The number of hydrogen-bond donors (Lipinski definition) is 0. The van der Waals surface area contributed by atoms with Gasteiger partial charge in [-0.05, 0) is 28.8 Å². The van der Waals surface area contributed by atoms with E-state index in [1.807, 2.05) is 36.4 Å². The molecule has 2 aromatic heterocycles. The Morgan fingerprint density at radius 1 is 0.500 bits per heavy atom. The number of fused-ring (bicyclic) bond motifs is 3. The summed E-state index contributed by atoms with van der Waals surface area (Å²) in [7, 11) is 0. The summed E-state index contributed by atoms with van der Waals surface area (Å²) in [6, 6.07) is 33.1. The van der Waals surface area contributed by atoms with Crippen LogP contribution in [0.15, 0.2) is 97.1 Å². The van der Waals surface area contributed by atoms with E-state index in [2.05, 4.69) is 70.6 Å². The first-order valence-electron chi connectivity index (χ1n) is 10.2. The van der Waals surface area contributed by atoms with Crippen LogP contribution in [0, 0.1) is 0 Å². The maximum atomic E-state index is 6.33. The molecule has 152 valence electrons. The van der Waals surface area contributed by atoms with Crippen molar-refractivity contribution in [2.45, 2.75) is 0 Å². The summed E-state index contributed by atoms with van der Waals surface area (Å²) in [5.41, 5.74) is 4.31. The number of nitrogens with zero attached hydrogens (tertiary/aromatic N) is 3. The minimum absolute atomic E-state index is 0.192. The molecule has 2 heterocycles. The molecule has 0 aliphatic rings. The third-order valence-corrected chi connectivity index (χ3v) is 6.95. The fourth-order valence-electron chi connectivity index (χ4n) is 4.03. The Bertz CT molecular complexity index is 1580. The Labute approximate surface area is 194 Å². The second-order valence-electron chi connectivity index (χ2n) is 7.45. The molecule has 6 rings (SSSR count). The standard InChI is InChI=1S/C27H16ClN3S/c28-27-30-25(18-11-5-2-6-12-18)29-26(31-27)22-16-8-15-21-20-14-7-13-19(23(20)32-24(21)22)17-9-3-1-4-10-17/h1-16H. The van der Waals surface area contributed by atoms with E-state index in [1.54, 1.807) is 11.3 Å². The molecule has 3 nitrogen and oxygen atoms in total. The van der Waals surface area contributed by atoms with Crippen LogP contribution in [-0.4, -0.2) is 15.0 Å². The van der Waals surface area contributed by atoms with Gasteiger partial charge in [0.25, 0.3) is 0 Å². The lowest BCUT2D eigenvalue weighted by atomic mass is 10.0. The summed E-state index contributed by atoms with van der Waals surface area (Å²) < 4.78 is 2.40. The van der Waals surface area contributed by atoms with Crippen molar-refractivity contribution in [3.8, 4) is 33.9 Å².